The Balaban J connectivity index is 0.00000507. The van der Waals surface area contributed by atoms with Crippen LogP contribution in [0.3, 0.4) is 0 Å². The maximum atomic E-state index is 13.7. The summed E-state index contributed by atoms with van der Waals surface area (Å²) < 4.78 is 106. The maximum Gasteiger partial charge on any atom is 0.416 e. The fraction of sp³-hybridized carbons (Fsp3) is 0.480. The van der Waals surface area contributed by atoms with Gasteiger partial charge < -0.3 is 15.1 Å². The quantitative estimate of drug-likeness (QED) is 0.381. The Hall–Kier alpha value is -2.60. The van der Waals surface area contributed by atoms with Crippen LogP contribution in [0.1, 0.15) is 46.7 Å². The van der Waals surface area contributed by atoms with Gasteiger partial charge in [-0.05, 0) is 66.8 Å². The Morgan fingerprint density at radius 3 is 2.18 bits per heavy atom. The molecule has 2 aromatic rings. The lowest BCUT2D eigenvalue weighted by atomic mass is 9.89. The van der Waals surface area contributed by atoms with E-state index >= 15 is 0 Å². The van der Waals surface area contributed by atoms with E-state index in [2.05, 4.69) is 5.32 Å². The molecule has 0 bridgehead atoms. The summed E-state index contributed by atoms with van der Waals surface area (Å²) in [6.45, 7) is 0.903. The van der Waals surface area contributed by atoms with Gasteiger partial charge in [0.25, 0.3) is 0 Å². The number of amides is 2. The van der Waals surface area contributed by atoms with Crippen molar-refractivity contribution in [3.8, 4) is 0 Å². The number of piperidine rings is 1. The summed E-state index contributed by atoms with van der Waals surface area (Å²) in [5.41, 5.74) is -2.03. The molecule has 13 heteroatoms. The molecule has 0 radical (unpaired) electrons. The van der Waals surface area contributed by atoms with E-state index in [0.717, 1.165) is 4.90 Å². The molecule has 2 aromatic carbocycles. The smallest absolute Gasteiger partial charge is 0.323 e. The number of urea groups is 1. The maximum absolute atomic E-state index is 13.7. The van der Waals surface area contributed by atoms with E-state index in [1.54, 1.807) is 6.92 Å². The van der Waals surface area contributed by atoms with Crippen LogP contribution in [0.15, 0.2) is 36.4 Å². The van der Waals surface area contributed by atoms with Crippen LogP contribution in [-0.2, 0) is 18.9 Å². The van der Waals surface area contributed by atoms with Crippen molar-refractivity contribution in [3.05, 3.63) is 70.0 Å². The lowest BCUT2D eigenvalue weighted by Crippen LogP contribution is -2.50. The number of alkyl halides is 7. The van der Waals surface area contributed by atoms with Gasteiger partial charge in [-0.3, -0.25) is 0 Å². The topological polar surface area (TPSA) is 35.6 Å². The lowest BCUT2D eigenvalue weighted by molar-refractivity contribution is -0.143. The van der Waals surface area contributed by atoms with Gasteiger partial charge in [-0.2, -0.15) is 26.3 Å². The number of carbonyl (C=O) groups is 1. The third-order valence-electron chi connectivity index (χ3n) is 6.36. The molecule has 1 aliphatic heterocycles. The molecule has 1 saturated heterocycles. The van der Waals surface area contributed by atoms with Gasteiger partial charge in [0.15, 0.2) is 0 Å². The van der Waals surface area contributed by atoms with Gasteiger partial charge in [-0.1, -0.05) is 6.07 Å². The van der Waals surface area contributed by atoms with Crippen LogP contribution in [0.2, 0.25) is 0 Å². The van der Waals surface area contributed by atoms with Crippen LogP contribution < -0.4 is 5.32 Å². The Morgan fingerprint density at radius 1 is 1.05 bits per heavy atom. The number of nitrogens with one attached hydrogen (secondary N) is 1. The number of aryl methyl sites for hydroxylation is 1. The number of nitrogens with zero attached hydrogens (tertiary/aromatic N) is 2. The summed E-state index contributed by atoms with van der Waals surface area (Å²) in [5, 5.41) is 3.06. The molecule has 1 fully saturated rings. The number of rotatable bonds is 6. The molecule has 0 aliphatic carbocycles. The molecule has 1 aliphatic rings. The highest BCUT2D eigenvalue weighted by atomic mass is 35.5. The van der Waals surface area contributed by atoms with Gasteiger partial charge >= 0.3 is 18.4 Å². The van der Waals surface area contributed by atoms with Crippen molar-refractivity contribution >= 4 is 18.4 Å². The first-order chi connectivity index (χ1) is 17.2. The largest absolute Gasteiger partial charge is 0.416 e. The number of halogens is 9. The average molecular weight is 574 g/mol. The number of hydrogen-bond donors (Lipinski definition) is 1. The van der Waals surface area contributed by atoms with Crippen molar-refractivity contribution in [2.45, 2.75) is 50.7 Å². The van der Waals surface area contributed by atoms with E-state index in [9.17, 15) is 39.9 Å². The number of carbonyl (C=O) groups excluding carboxylic acids is 1. The molecule has 0 saturated carbocycles. The summed E-state index contributed by atoms with van der Waals surface area (Å²) in [7, 11) is 1.29. The summed E-state index contributed by atoms with van der Waals surface area (Å²) >= 11 is 0. The molecule has 0 aromatic heterocycles. The molecule has 2 atom stereocenters. The van der Waals surface area contributed by atoms with E-state index in [-0.39, 0.29) is 43.2 Å². The average Bonchev–Trinajstić information content (AvgIpc) is 2.81. The molecule has 212 valence electrons. The molecule has 4 nitrogen and oxygen atoms in total. The first kappa shape index (κ1) is 31.6. The van der Waals surface area contributed by atoms with Gasteiger partial charge in [0.05, 0.1) is 17.2 Å². The van der Waals surface area contributed by atoms with E-state index in [0.29, 0.717) is 36.1 Å². The second-order valence-electron chi connectivity index (χ2n) is 9.13. The van der Waals surface area contributed by atoms with Gasteiger partial charge in [-0.25, -0.2) is 13.6 Å². The first-order valence-electron chi connectivity index (χ1n) is 11.6. The predicted octanol–water partition coefficient (Wildman–Crippen LogP) is 6.91. The van der Waals surface area contributed by atoms with Crippen molar-refractivity contribution in [1.82, 2.24) is 15.1 Å². The van der Waals surface area contributed by atoms with Crippen LogP contribution in [0, 0.1) is 12.7 Å². The normalized spacial score (nSPS) is 18.2. The fourth-order valence-corrected chi connectivity index (χ4v) is 4.62. The number of benzene rings is 2. The fourth-order valence-electron chi connectivity index (χ4n) is 4.62. The molecule has 0 spiro atoms. The standard InChI is InChI=1S/C25H27F8N3O.ClH/c1-15-9-19(27)3-4-21(15)22-13-20(34-7-6-26)5-8-36(22)23(37)35(2)14-16-10-17(24(28,29)30)12-18(11-16)25(31,32)33;/h3-4,9-12,20,22,34H,5-8,13-14H2,1-2H3;1H/t20-,22-;/m1./s1. The van der Waals surface area contributed by atoms with Crippen LogP contribution >= 0.6 is 12.4 Å². The molecule has 38 heavy (non-hydrogen) atoms. The molecular weight excluding hydrogens is 546 g/mol. The van der Waals surface area contributed by atoms with Crippen molar-refractivity contribution < 1.29 is 39.9 Å². The summed E-state index contributed by atoms with van der Waals surface area (Å²) in [4.78, 5) is 15.9. The molecule has 3 rings (SSSR count). The Kier molecular flexibility index (Phi) is 10.4. The van der Waals surface area contributed by atoms with Crippen LogP contribution in [0.5, 0.6) is 0 Å². The van der Waals surface area contributed by atoms with Gasteiger partial charge in [0.2, 0.25) is 0 Å². The van der Waals surface area contributed by atoms with Crippen molar-refractivity contribution in [1.29, 1.82) is 0 Å². The number of hydrogen-bond acceptors (Lipinski definition) is 2. The van der Waals surface area contributed by atoms with Crippen molar-refractivity contribution in [2.24, 2.45) is 0 Å². The molecular formula is C25H28ClF8N3O. The third kappa shape index (κ3) is 7.72. The zero-order chi connectivity index (χ0) is 27.5. The third-order valence-corrected chi connectivity index (χ3v) is 6.36. The molecule has 1 heterocycles. The SMILES string of the molecule is Cc1cc(F)ccc1[C@H]1C[C@H](NCCF)CCN1C(=O)N(C)Cc1cc(C(F)(F)F)cc(C(F)(F)F)c1.Cl. The van der Waals surface area contributed by atoms with Gasteiger partial charge in [0.1, 0.15) is 12.5 Å². The molecule has 2 amide bonds. The van der Waals surface area contributed by atoms with Gasteiger partial charge in [0, 0.05) is 32.7 Å². The minimum atomic E-state index is -5.00. The highest BCUT2D eigenvalue weighted by Crippen LogP contribution is 2.37. The summed E-state index contributed by atoms with van der Waals surface area (Å²) in [6, 6.07) is 4.00. The van der Waals surface area contributed by atoms with E-state index < -0.39 is 54.6 Å². The molecule has 0 unspecified atom stereocenters. The zero-order valence-electron chi connectivity index (χ0n) is 20.6. The lowest BCUT2D eigenvalue weighted by Gasteiger charge is -2.42. The summed E-state index contributed by atoms with van der Waals surface area (Å²) in [6.07, 6.45) is -9.18. The highest BCUT2D eigenvalue weighted by Gasteiger charge is 2.38. The Morgan fingerprint density at radius 2 is 1.66 bits per heavy atom. The minimum absolute atomic E-state index is 0. The molecule has 1 N–H and O–H groups in total. The van der Waals surface area contributed by atoms with E-state index in [1.165, 1.54) is 30.1 Å². The first-order valence-corrected chi connectivity index (χ1v) is 11.6. The minimum Gasteiger partial charge on any atom is -0.323 e. The Bertz CT molecular complexity index is 1080. The van der Waals surface area contributed by atoms with Crippen LogP contribution in [0.25, 0.3) is 0 Å². The van der Waals surface area contributed by atoms with Crippen molar-refractivity contribution in [3.63, 3.8) is 0 Å². The van der Waals surface area contributed by atoms with Gasteiger partial charge in [-0.15, -0.1) is 12.4 Å². The van der Waals surface area contributed by atoms with Crippen LogP contribution in [-0.4, -0.2) is 48.7 Å². The monoisotopic (exact) mass is 573 g/mol. The number of likely N-dealkylation sites (tertiary alicyclic amines) is 1. The predicted molar refractivity (Wildman–Crippen MR) is 128 cm³/mol. The second-order valence-corrected chi connectivity index (χ2v) is 9.13. The van der Waals surface area contributed by atoms with Crippen LogP contribution in [0.4, 0.5) is 39.9 Å². The summed E-state index contributed by atoms with van der Waals surface area (Å²) in [5.74, 6) is -0.468. The zero-order valence-corrected chi connectivity index (χ0v) is 21.4. The van der Waals surface area contributed by atoms with E-state index in [1.807, 2.05) is 0 Å². The highest BCUT2D eigenvalue weighted by molar-refractivity contribution is 5.85. The second kappa shape index (κ2) is 12.5. The Labute approximate surface area is 221 Å². The van der Waals surface area contributed by atoms with E-state index in [4.69, 9.17) is 0 Å². The van der Waals surface area contributed by atoms with Crippen molar-refractivity contribution in [2.75, 3.05) is 26.8 Å².